The number of Topliss-reactive ketones (excluding diaryl/α,β-unsaturated/α-hetero) is 1. The molecule has 0 aromatic rings. The van der Waals surface area contributed by atoms with E-state index in [0.29, 0.717) is 36.4 Å². The third-order valence-corrected chi connectivity index (χ3v) is 11.5. The van der Waals surface area contributed by atoms with Crippen molar-refractivity contribution in [3.05, 3.63) is 23.3 Å². The van der Waals surface area contributed by atoms with Crippen LogP contribution >= 0.6 is 0 Å². The molecule has 0 aromatic carbocycles. The van der Waals surface area contributed by atoms with Crippen LogP contribution in [0.3, 0.4) is 0 Å². The Balaban J connectivity index is 1.62. The fraction of sp³-hybridized carbons (Fsp3) is 0.833. The summed E-state index contributed by atoms with van der Waals surface area (Å²) < 4.78 is 0. The minimum absolute atomic E-state index is 0.104. The number of hydrogen-bond acceptors (Lipinski definition) is 3. The Morgan fingerprint density at radius 3 is 2.36 bits per heavy atom. The summed E-state index contributed by atoms with van der Waals surface area (Å²) in [5, 5.41) is 20.5. The van der Waals surface area contributed by atoms with Gasteiger partial charge >= 0.3 is 0 Å². The van der Waals surface area contributed by atoms with Gasteiger partial charge in [-0.3, -0.25) is 4.79 Å². The Morgan fingerprint density at radius 2 is 1.73 bits per heavy atom. The van der Waals surface area contributed by atoms with E-state index in [1.54, 1.807) is 25.0 Å². The summed E-state index contributed by atoms with van der Waals surface area (Å²) in [7, 11) is 0. The number of allylic oxidation sites excluding steroid dienone is 4. The fourth-order valence-electron chi connectivity index (χ4n) is 8.73. The number of carbonyl (C=O) groups is 1. The first-order valence-corrected chi connectivity index (χ1v) is 13.4. The highest BCUT2D eigenvalue weighted by Gasteiger charge is 2.63. The molecule has 0 heterocycles. The summed E-state index contributed by atoms with van der Waals surface area (Å²) in [6.45, 7) is 17.6. The molecule has 2 fully saturated rings. The Labute approximate surface area is 202 Å². The number of fused-ring (bicyclic) bond motifs is 5. The van der Waals surface area contributed by atoms with E-state index in [9.17, 15) is 15.0 Å². The molecule has 4 aliphatic rings. The number of rotatable bonds is 5. The minimum Gasteiger partial charge on any atom is -0.390 e. The maximum absolute atomic E-state index is 12.8. The molecule has 0 aromatic heterocycles. The van der Waals surface area contributed by atoms with Crippen LogP contribution in [0, 0.1) is 39.4 Å². The van der Waals surface area contributed by atoms with Crippen molar-refractivity contribution in [2.24, 2.45) is 39.4 Å². The molecule has 33 heavy (non-hydrogen) atoms. The van der Waals surface area contributed by atoms with Crippen LogP contribution in [0.5, 0.6) is 0 Å². The van der Waals surface area contributed by atoms with Crippen LogP contribution in [0.25, 0.3) is 0 Å². The van der Waals surface area contributed by atoms with Crippen LogP contribution in [0.1, 0.15) is 107 Å². The molecule has 4 rings (SSSR count). The van der Waals surface area contributed by atoms with Gasteiger partial charge in [-0.15, -0.1) is 0 Å². The van der Waals surface area contributed by atoms with E-state index in [0.717, 1.165) is 25.7 Å². The summed E-state index contributed by atoms with van der Waals surface area (Å²) in [5.74, 6) is 1.97. The quantitative estimate of drug-likeness (QED) is 0.488. The maximum atomic E-state index is 12.8. The summed E-state index contributed by atoms with van der Waals surface area (Å²) in [6, 6.07) is 0. The van der Waals surface area contributed by atoms with Crippen molar-refractivity contribution in [2.45, 2.75) is 118 Å². The normalized spacial score (nSPS) is 41.9. The lowest BCUT2D eigenvalue weighted by Gasteiger charge is -2.59. The molecule has 0 bridgehead atoms. The van der Waals surface area contributed by atoms with E-state index in [1.165, 1.54) is 12.8 Å². The van der Waals surface area contributed by atoms with Crippen molar-refractivity contribution < 1.29 is 15.0 Å². The Morgan fingerprint density at radius 1 is 1.06 bits per heavy atom. The zero-order valence-electron chi connectivity index (χ0n) is 22.4. The van der Waals surface area contributed by atoms with Crippen molar-refractivity contribution in [1.29, 1.82) is 0 Å². The minimum atomic E-state index is -1.04. The van der Waals surface area contributed by atoms with E-state index in [1.807, 2.05) is 0 Å². The SMILES string of the molecule is CC(CCC(O)C(C)(C)O)C1CC[C@@]2(C)C3=CCC4C(C)(C)C(=O)CC[C@]4(C)C3=CC[C@]12C. The van der Waals surface area contributed by atoms with E-state index in [-0.39, 0.29) is 21.7 Å². The molecule has 0 aliphatic heterocycles. The molecule has 3 nitrogen and oxygen atoms in total. The van der Waals surface area contributed by atoms with Gasteiger partial charge in [0.1, 0.15) is 5.78 Å². The van der Waals surface area contributed by atoms with Gasteiger partial charge in [0.2, 0.25) is 0 Å². The highest BCUT2D eigenvalue weighted by molar-refractivity contribution is 5.86. The second-order valence-corrected chi connectivity index (χ2v) is 13.9. The summed E-state index contributed by atoms with van der Waals surface area (Å²) in [6.07, 6.45) is 12.3. The van der Waals surface area contributed by atoms with Gasteiger partial charge in [-0.05, 0) is 104 Å². The predicted octanol–water partition coefficient (Wildman–Crippen LogP) is 6.63. The third-order valence-electron chi connectivity index (χ3n) is 11.5. The number of carbonyl (C=O) groups excluding carboxylic acids is 1. The average Bonchev–Trinajstić information content (AvgIpc) is 3.00. The number of ketones is 1. The molecule has 4 aliphatic carbocycles. The molecular formula is C30H48O3. The van der Waals surface area contributed by atoms with Crippen molar-refractivity contribution in [1.82, 2.24) is 0 Å². The van der Waals surface area contributed by atoms with Gasteiger partial charge in [-0.2, -0.15) is 0 Å². The summed E-state index contributed by atoms with van der Waals surface area (Å²) >= 11 is 0. The van der Waals surface area contributed by atoms with Crippen molar-refractivity contribution in [2.75, 3.05) is 0 Å². The first kappa shape index (κ1) is 25.2. The van der Waals surface area contributed by atoms with Crippen molar-refractivity contribution in [3.63, 3.8) is 0 Å². The smallest absolute Gasteiger partial charge is 0.138 e. The van der Waals surface area contributed by atoms with Crippen LogP contribution in [0.2, 0.25) is 0 Å². The van der Waals surface area contributed by atoms with Gasteiger partial charge < -0.3 is 10.2 Å². The van der Waals surface area contributed by atoms with E-state index >= 15 is 0 Å². The molecule has 0 spiro atoms. The summed E-state index contributed by atoms with van der Waals surface area (Å²) in [5.41, 5.74) is 2.36. The Kier molecular flexibility index (Phi) is 5.94. The topological polar surface area (TPSA) is 57.5 Å². The van der Waals surface area contributed by atoms with E-state index in [2.05, 4.69) is 53.7 Å². The molecule has 4 unspecified atom stereocenters. The highest BCUT2D eigenvalue weighted by atomic mass is 16.3. The van der Waals surface area contributed by atoms with Crippen molar-refractivity contribution >= 4 is 5.78 Å². The fourth-order valence-corrected chi connectivity index (χ4v) is 8.73. The molecule has 0 amide bonds. The number of hydrogen-bond donors (Lipinski definition) is 2. The first-order valence-electron chi connectivity index (χ1n) is 13.4. The van der Waals surface area contributed by atoms with Crippen LogP contribution < -0.4 is 0 Å². The molecule has 186 valence electrons. The average molecular weight is 457 g/mol. The number of aliphatic hydroxyl groups excluding tert-OH is 1. The molecular weight excluding hydrogens is 408 g/mol. The van der Waals surface area contributed by atoms with Gasteiger partial charge in [-0.1, -0.05) is 53.7 Å². The molecule has 2 saturated carbocycles. The van der Waals surface area contributed by atoms with Gasteiger partial charge in [0.05, 0.1) is 11.7 Å². The van der Waals surface area contributed by atoms with Crippen molar-refractivity contribution in [3.8, 4) is 0 Å². The second kappa shape index (κ2) is 7.79. The molecule has 0 saturated heterocycles. The van der Waals surface area contributed by atoms with Crippen LogP contribution in [0.15, 0.2) is 23.3 Å². The predicted molar refractivity (Wildman–Crippen MR) is 135 cm³/mol. The monoisotopic (exact) mass is 456 g/mol. The lowest BCUT2D eigenvalue weighted by atomic mass is 9.44. The van der Waals surface area contributed by atoms with Crippen LogP contribution in [-0.4, -0.2) is 27.7 Å². The molecule has 2 N–H and O–H groups in total. The maximum Gasteiger partial charge on any atom is 0.138 e. The zero-order valence-corrected chi connectivity index (χ0v) is 22.4. The highest BCUT2D eigenvalue weighted by Crippen LogP contribution is 2.71. The van der Waals surface area contributed by atoms with Gasteiger partial charge in [0.25, 0.3) is 0 Å². The Bertz CT molecular complexity index is 873. The van der Waals surface area contributed by atoms with Gasteiger partial charge in [0, 0.05) is 11.8 Å². The lowest BCUT2D eigenvalue weighted by molar-refractivity contribution is -0.138. The molecule has 7 atom stereocenters. The van der Waals surface area contributed by atoms with E-state index in [4.69, 9.17) is 0 Å². The van der Waals surface area contributed by atoms with Gasteiger partial charge in [-0.25, -0.2) is 0 Å². The van der Waals surface area contributed by atoms with Crippen LogP contribution in [-0.2, 0) is 4.79 Å². The standard InChI is InChI=1S/C30H48O3/c1-19(9-12-25(32)27(4,5)33)20-13-17-30(8)22-10-11-23-26(2,3)24(31)15-16-28(23,6)21(22)14-18-29(20,30)7/h10,14,19-20,23,25,32-33H,9,11-13,15-18H2,1-8H3/t19?,20?,23?,25?,28-,29-,30+/m1/s1. The largest absolute Gasteiger partial charge is 0.390 e. The lowest BCUT2D eigenvalue weighted by Crippen LogP contribution is -2.53. The van der Waals surface area contributed by atoms with Gasteiger partial charge in [0.15, 0.2) is 0 Å². The molecule has 3 heteroatoms. The zero-order chi connectivity index (χ0) is 24.6. The number of aliphatic hydroxyl groups is 2. The second-order valence-electron chi connectivity index (χ2n) is 13.9. The first-order chi connectivity index (χ1) is 15.1. The Hall–Kier alpha value is -0.930. The summed E-state index contributed by atoms with van der Waals surface area (Å²) in [4.78, 5) is 12.8. The van der Waals surface area contributed by atoms with E-state index < -0.39 is 11.7 Å². The molecule has 0 radical (unpaired) electrons. The third kappa shape index (κ3) is 3.54. The van der Waals surface area contributed by atoms with Crippen LogP contribution in [0.4, 0.5) is 0 Å².